The summed E-state index contributed by atoms with van der Waals surface area (Å²) in [5.74, 6) is 1.31. The van der Waals surface area contributed by atoms with Gasteiger partial charge in [-0.25, -0.2) is 0 Å². The lowest BCUT2D eigenvalue weighted by Crippen LogP contribution is -2.27. The van der Waals surface area contributed by atoms with Crippen molar-refractivity contribution in [2.24, 2.45) is 5.92 Å². The van der Waals surface area contributed by atoms with Gasteiger partial charge in [-0.05, 0) is 36.6 Å². The van der Waals surface area contributed by atoms with E-state index in [1.54, 1.807) is 38.4 Å². The maximum Gasteiger partial charge on any atom is 0.259 e. The average molecular weight is 332 g/mol. The average Bonchev–Trinajstić information content (AvgIpc) is 2.60. The highest BCUT2D eigenvalue weighted by atomic mass is 16.5. The number of hydrogen-bond acceptors (Lipinski definition) is 3. The van der Waals surface area contributed by atoms with Crippen molar-refractivity contribution in [3.63, 3.8) is 0 Å². The largest absolute Gasteiger partial charge is 0.484 e. The van der Waals surface area contributed by atoms with Crippen LogP contribution in [0.3, 0.4) is 0 Å². The second kappa shape index (κ2) is 9.30. The molecule has 0 aliphatic heterocycles. The molecule has 5 heteroatoms. The van der Waals surface area contributed by atoms with Crippen molar-refractivity contribution in [1.29, 1.82) is 0 Å². The third-order valence-electron chi connectivity index (χ3n) is 4.50. The maximum absolute atomic E-state index is 12.0. The number of ether oxygens (including phenoxy) is 1. The Hall–Kier alpha value is -2.04. The molecule has 0 unspecified atom stereocenters. The first kappa shape index (κ1) is 18.3. The number of rotatable bonds is 7. The van der Waals surface area contributed by atoms with Crippen LogP contribution in [0.5, 0.6) is 5.75 Å². The van der Waals surface area contributed by atoms with Gasteiger partial charge in [-0.1, -0.05) is 32.1 Å². The van der Waals surface area contributed by atoms with Crippen LogP contribution in [-0.2, 0) is 9.59 Å². The Morgan fingerprint density at radius 3 is 2.42 bits per heavy atom. The van der Waals surface area contributed by atoms with Crippen LogP contribution < -0.4 is 10.1 Å². The van der Waals surface area contributed by atoms with Crippen molar-refractivity contribution in [1.82, 2.24) is 4.90 Å². The Balaban J connectivity index is 1.72. The van der Waals surface area contributed by atoms with Gasteiger partial charge >= 0.3 is 0 Å². The number of nitrogens with one attached hydrogen (secondary N) is 1. The van der Waals surface area contributed by atoms with Gasteiger partial charge in [0.1, 0.15) is 5.75 Å². The summed E-state index contributed by atoms with van der Waals surface area (Å²) in [7, 11) is 3.38. The molecule has 1 saturated carbocycles. The molecule has 0 heterocycles. The van der Waals surface area contributed by atoms with Crippen LogP contribution in [0.1, 0.15) is 44.9 Å². The Morgan fingerprint density at radius 2 is 1.79 bits per heavy atom. The number of amides is 2. The number of benzene rings is 1. The molecule has 1 aromatic carbocycles. The van der Waals surface area contributed by atoms with E-state index in [1.165, 1.54) is 37.0 Å². The normalized spacial score (nSPS) is 14.9. The summed E-state index contributed by atoms with van der Waals surface area (Å²) >= 11 is 0. The zero-order chi connectivity index (χ0) is 17.4. The van der Waals surface area contributed by atoms with Crippen molar-refractivity contribution in [2.45, 2.75) is 44.9 Å². The van der Waals surface area contributed by atoms with E-state index in [9.17, 15) is 9.59 Å². The predicted molar refractivity (Wildman–Crippen MR) is 95.1 cm³/mol. The van der Waals surface area contributed by atoms with E-state index in [1.807, 2.05) is 0 Å². The third-order valence-corrected chi connectivity index (χ3v) is 4.50. The van der Waals surface area contributed by atoms with E-state index in [0.717, 1.165) is 18.0 Å². The number of nitrogens with zero attached hydrogens (tertiary/aromatic N) is 1. The lowest BCUT2D eigenvalue weighted by molar-refractivity contribution is -0.130. The minimum atomic E-state index is -0.0879. The Morgan fingerprint density at radius 1 is 1.12 bits per heavy atom. The molecular formula is C19H28N2O3. The molecule has 1 aliphatic rings. The predicted octanol–water partition coefficient (Wildman–Crippen LogP) is 3.45. The van der Waals surface area contributed by atoms with Gasteiger partial charge in [0.05, 0.1) is 0 Å². The quantitative estimate of drug-likeness (QED) is 0.832. The van der Waals surface area contributed by atoms with E-state index in [0.29, 0.717) is 12.2 Å². The monoisotopic (exact) mass is 332 g/mol. The molecule has 1 aliphatic carbocycles. The minimum absolute atomic E-state index is 0.0140. The molecule has 0 atom stereocenters. The first-order chi connectivity index (χ1) is 11.5. The summed E-state index contributed by atoms with van der Waals surface area (Å²) in [6.07, 6.45) is 8.07. The smallest absolute Gasteiger partial charge is 0.259 e. The Kier molecular flexibility index (Phi) is 7.09. The topological polar surface area (TPSA) is 58.6 Å². The highest BCUT2D eigenvalue weighted by Gasteiger charge is 2.14. The van der Waals surface area contributed by atoms with Gasteiger partial charge in [0.15, 0.2) is 6.61 Å². The first-order valence-electron chi connectivity index (χ1n) is 8.77. The van der Waals surface area contributed by atoms with E-state index < -0.39 is 0 Å². The van der Waals surface area contributed by atoms with Gasteiger partial charge in [-0.3, -0.25) is 9.59 Å². The van der Waals surface area contributed by atoms with Crippen LogP contribution in [-0.4, -0.2) is 37.4 Å². The SMILES string of the molecule is CN(C)C(=O)COc1ccc(NC(=O)CCC2CCCCC2)cc1. The van der Waals surface area contributed by atoms with Gasteiger partial charge < -0.3 is 15.0 Å². The molecule has 132 valence electrons. The van der Waals surface area contributed by atoms with E-state index in [4.69, 9.17) is 4.74 Å². The lowest BCUT2D eigenvalue weighted by Gasteiger charge is -2.21. The standard InChI is InChI=1S/C19H28N2O3/c1-21(2)19(23)14-24-17-11-9-16(10-12-17)20-18(22)13-8-15-6-4-3-5-7-15/h9-12,15H,3-8,13-14H2,1-2H3,(H,20,22). The molecule has 1 N–H and O–H groups in total. The van der Waals surface area contributed by atoms with E-state index in [-0.39, 0.29) is 18.4 Å². The summed E-state index contributed by atoms with van der Waals surface area (Å²) in [5, 5.41) is 2.92. The van der Waals surface area contributed by atoms with Crippen molar-refractivity contribution in [3.05, 3.63) is 24.3 Å². The molecule has 24 heavy (non-hydrogen) atoms. The number of hydrogen-bond donors (Lipinski definition) is 1. The van der Waals surface area contributed by atoms with Crippen molar-refractivity contribution < 1.29 is 14.3 Å². The zero-order valence-electron chi connectivity index (χ0n) is 14.7. The summed E-state index contributed by atoms with van der Waals surface area (Å²) < 4.78 is 5.41. The lowest BCUT2D eigenvalue weighted by atomic mass is 9.86. The molecular weight excluding hydrogens is 304 g/mol. The van der Waals surface area contributed by atoms with Crippen LogP contribution in [0, 0.1) is 5.92 Å². The Bertz CT molecular complexity index is 534. The molecule has 0 radical (unpaired) electrons. The fraction of sp³-hybridized carbons (Fsp3) is 0.579. The molecule has 0 bridgehead atoms. The van der Waals surface area contributed by atoms with E-state index in [2.05, 4.69) is 5.32 Å². The highest BCUT2D eigenvalue weighted by molar-refractivity contribution is 5.90. The fourth-order valence-electron chi connectivity index (χ4n) is 2.94. The van der Waals surface area contributed by atoms with Crippen LogP contribution in [0.4, 0.5) is 5.69 Å². The minimum Gasteiger partial charge on any atom is -0.484 e. The van der Waals surface area contributed by atoms with Crippen molar-refractivity contribution >= 4 is 17.5 Å². The van der Waals surface area contributed by atoms with Gasteiger partial charge in [-0.15, -0.1) is 0 Å². The molecule has 0 saturated heterocycles. The summed E-state index contributed by atoms with van der Waals surface area (Å²) in [6.45, 7) is 0.0140. The fourth-order valence-corrected chi connectivity index (χ4v) is 2.94. The number of carbonyl (C=O) groups excluding carboxylic acids is 2. The van der Waals surface area contributed by atoms with Crippen LogP contribution in [0.15, 0.2) is 24.3 Å². The Labute approximate surface area is 144 Å². The van der Waals surface area contributed by atoms with Gasteiger partial charge in [0.25, 0.3) is 5.91 Å². The second-order valence-electron chi connectivity index (χ2n) is 6.69. The summed E-state index contributed by atoms with van der Waals surface area (Å²) in [5.41, 5.74) is 0.759. The van der Waals surface area contributed by atoms with Crippen LogP contribution in [0.25, 0.3) is 0 Å². The van der Waals surface area contributed by atoms with Crippen molar-refractivity contribution in [2.75, 3.05) is 26.0 Å². The van der Waals surface area contributed by atoms with Crippen LogP contribution in [0.2, 0.25) is 0 Å². The number of likely N-dealkylation sites (N-methyl/N-ethyl adjacent to an activating group) is 1. The van der Waals surface area contributed by atoms with Gasteiger partial charge in [0, 0.05) is 26.2 Å². The van der Waals surface area contributed by atoms with E-state index >= 15 is 0 Å². The summed E-state index contributed by atoms with van der Waals surface area (Å²) in [4.78, 5) is 25.0. The second-order valence-corrected chi connectivity index (χ2v) is 6.69. The molecule has 5 nitrogen and oxygen atoms in total. The number of anilines is 1. The number of carbonyl (C=O) groups is 2. The molecule has 0 aromatic heterocycles. The highest BCUT2D eigenvalue weighted by Crippen LogP contribution is 2.27. The molecule has 1 aromatic rings. The molecule has 2 rings (SSSR count). The van der Waals surface area contributed by atoms with Gasteiger partial charge in [0.2, 0.25) is 5.91 Å². The zero-order valence-corrected chi connectivity index (χ0v) is 14.7. The third kappa shape index (κ3) is 6.22. The summed E-state index contributed by atoms with van der Waals surface area (Å²) in [6, 6.07) is 7.13. The molecule has 0 spiro atoms. The molecule has 2 amide bonds. The van der Waals surface area contributed by atoms with Crippen LogP contribution >= 0.6 is 0 Å². The first-order valence-corrected chi connectivity index (χ1v) is 8.77. The van der Waals surface area contributed by atoms with Crippen molar-refractivity contribution in [3.8, 4) is 5.75 Å². The van der Waals surface area contributed by atoms with Gasteiger partial charge in [-0.2, -0.15) is 0 Å². The molecule has 1 fully saturated rings. The maximum atomic E-state index is 12.0.